The molecule has 2 rings (SSSR count). The van der Waals surface area contributed by atoms with Crippen LogP contribution in [0.15, 0.2) is 18.5 Å². The molecule has 0 amide bonds. The van der Waals surface area contributed by atoms with E-state index in [-0.39, 0.29) is 19.1 Å². The van der Waals surface area contributed by atoms with Crippen LogP contribution < -0.4 is 0 Å². The highest BCUT2D eigenvalue weighted by Crippen LogP contribution is 2.50. The minimum absolute atomic E-state index is 0.261. The molecule has 28 heavy (non-hydrogen) atoms. The predicted octanol–water partition coefficient (Wildman–Crippen LogP) is 5.16. The molecule has 1 aromatic rings. The Labute approximate surface area is 169 Å². The van der Waals surface area contributed by atoms with Gasteiger partial charge in [-0.1, -0.05) is 45.4 Å². The lowest BCUT2D eigenvalue weighted by molar-refractivity contribution is -0.168. The number of carbonyl (C=O) groups is 2. The molecule has 0 radical (unpaired) electrons. The molecule has 1 heterocycles. The van der Waals surface area contributed by atoms with E-state index in [9.17, 15) is 9.59 Å². The maximum Gasteiger partial charge on any atom is 0.321 e. The molecule has 5 nitrogen and oxygen atoms in total. The minimum Gasteiger partial charge on any atom is -0.465 e. The zero-order valence-corrected chi connectivity index (χ0v) is 17.8. The van der Waals surface area contributed by atoms with Gasteiger partial charge in [-0.25, -0.2) is 0 Å². The highest BCUT2D eigenvalue weighted by atomic mass is 16.6. The molecule has 5 heteroatoms. The Hall–Kier alpha value is -1.78. The van der Waals surface area contributed by atoms with Crippen molar-refractivity contribution in [3.05, 3.63) is 24.0 Å². The van der Waals surface area contributed by atoms with Crippen molar-refractivity contribution in [2.75, 3.05) is 13.2 Å². The molecule has 0 aliphatic heterocycles. The van der Waals surface area contributed by atoms with E-state index in [1.165, 1.54) is 6.42 Å². The molecule has 1 aliphatic carbocycles. The maximum atomic E-state index is 13.1. The van der Waals surface area contributed by atoms with E-state index >= 15 is 0 Å². The topological polar surface area (TPSA) is 68.4 Å². The summed E-state index contributed by atoms with van der Waals surface area (Å²) in [5.41, 5.74) is 0.468. The number of carbonyl (C=O) groups excluding carboxylic acids is 2. The van der Waals surface area contributed by atoms with Gasteiger partial charge in [-0.05, 0) is 50.7 Å². The van der Waals surface area contributed by atoms with Gasteiger partial charge in [-0.2, -0.15) is 0 Å². The van der Waals surface area contributed by atoms with Crippen LogP contribution in [-0.4, -0.2) is 30.1 Å². The Morgan fingerprint density at radius 3 is 2.21 bits per heavy atom. The normalized spacial score (nSPS) is 17.3. The highest BCUT2D eigenvalue weighted by Gasteiger charge is 2.54. The summed E-state index contributed by atoms with van der Waals surface area (Å²) < 4.78 is 10.8. The van der Waals surface area contributed by atoms with E-state index in [0.29, 0.717) is 0 Å². The van der Waals surface area contributed by atoms with Crippen molar-refractivity contribution in [2.45, 2.75) is 84.0 Å². The molecule has 158 valence electrons. The molecular weight excluding hydrogens is 354 g/mol. The third kappa shape index (κ3) is 4.98. The fraction of sp³-hybridized carbons (Fsp3) is 0.739. The SMILES string of the molecule is CCCCCC(c1cc[nH]c1)(C1CCCCC1)C(C(=O)OCC)C(=O)OCC. The number of nitrogens with one attached hydrogen (secondary N) is 1. The number of unbranched alkanes of at least 4 members (excludes halogenated alkanes) is 2. The summed E-state index contributed by atoms with van der Waals surface area (Å²) in [4.78, 5) is 29.4. The lowest BCUT2D eigenvalue weighted by atomic mass is 9.57. The summed E-state index contributed by atoms with van der Waals surface area (Å²) in [6.45, 7) is 6.27. The lowest BCUT2D eigenvalue weighted by Gasteiger charge is -2.46. The number of esters is 2. The Morgan fingerprint density at radius 2 is 1.71 bits per heavy atom. The third-order valence-electron chi connectivity index (χ3n) is 6.22. The van der Waals surface area contributed by atoms with Gasteiger partial charge < -0.3 is 14.5 Å². The van der Waals surface area contributed by atoms with E-state index in [4.69, 9.17) is 9.47 Å². The van der Waals surface area contributed by atoms with E-state index < -0.39 is 23.3 Å². The molecule has 1 atom stereocenters. The molecule has 1 saturated carbocycles. The fourth-order valence-corrected chi connectivity index (χ4v) is 5.00. The van der Waals surface area contributed by atoms with Gasteiger partial charge in [-0.3, -0.25) is 9.59 Å². The second-order valence-corrected chi connectivity index (χ2v) is 7.87. The molecule has 1 N–H and O–H groups in total. The first-order valence-electron chi connectivity index (χ1n) is 11.1. The Balaban J connectivity index is 2.58. The summed E-state index contributed by atoms with van der Waals surface area (Å²) in [5.74, 6) is -1.52. The van der Waals surface area contributed by atoms with Crippen LogP contribution in [0.5, 0.6) is 0 Å². The Morgan fingerprint density at radius 1 is 1.07 bits per heavy atom. The van der Waals surface area contributed by atoms with Gasteiger partial charge in [0.2, 0.25) is 0 Å². The standard InChI is InChI=1S/C23H37NO4/c1-4-7-11-15-23(19-14-16-24-17-19,18-12-9-8-10-13-18)20(21(25)27-5-2)22(26)28-6-3/h14,16-18,20,24H,4-13,15H2,1-3H3. The van der Waals surface area contributed by atoms with Crippen LogP contribution in [0.2, 0.25) is 0 Å². The molecule has 0 bridgehead atoms. The molecular formula is C23H37NO4. The molecule has 0 saturated heterocycles. The smallest absolute Gasteiger partial charge is 0.321 e. The van der Waals surface area contributed by atoms with E-state index in [1.807, 2.05) is 18.5 Å². The summed E-state index contributed by atoms with van der Waals surface area (Å²) in [6, 6.07) is 2.03. The monoisotopic (exact) mass is 391 g/mol. The first kappa shape index (κ1) is 22.5. The van der Waals surface area contributed by atoms with E-state index in [1.54, 1.807) is 13.8 Å². The maximum absolute atomic E-state index is 13.1. The number of hydrogen-bond donors (Lipinski definition) is 1. The second-order valence-electron chi connectivity index (χ2n) is 7.87. The van der Waals surface area contributed by atoms with Gasteiger partial charge in [-0.15, -0.1) is 0 Å². The largest absolute Gasteiger partial charge is 0.465 e. The Kier molecular flexibility index (Phi) is 9.07. The van der Waals surface area contributed by atoms with Gasteiger partial charge in [0.05, 0.1) is 13.2 Å². The summed E-state index contributed by atoms with van der Waals surface area (Å²) in [7, 11) is 0. The van der Waals surface area contributed by atoms with Crippen LogP contribution in [0.1, 0.15) is 84.1 Å². The fourth-order valence-electron chi connectivity index (χ4n) is 5.00. The number of rotatable bonds is 11. The molecule has 0 spiro atoms. The molecule has 1 unspecified atom stereocenters. The first-order chi connectivity index (χ1) is 13.6. The average Bonchev–Trinajstić information content (AvgIpc) is 3.23. The second kappa shape index (κ2) is 11.3. The van der Waals surface area contributed by atoms with Crippen LogP contribution in [0.25, 0.3) is 0 Å². The van der Waals surface area contributed by atoms with Crippen molar-refractivity contribution in [3.8, 4) is 0 Å². The van der Waals surface area contributed by atoms with E-state index in [0.717, 1.165) is 56.9 Å². The van der Waals surface area contributed by atoms with E-state index in [2.05, 4.69) is 11.9 Å². The van der Waals surface area contributed by atoms with Crippen LogP contribution in [0, 0.1) is 11.8 Å². The summed E-state index contributed by atoms with van der Waals surface area (Å²) in [5, 5.41) is 0. The quantitative estimate of drug-likeness (QED) is 0.321. The molecule has 1 aliphatic rings. The van der Waals surface area contributed by atoms with Gasteiger partial charge in [0.25, 0.3) is 0 Å². The van der Waals surface area contributed by atoms with Crippen molar-refractivity contribution in [1.29, 1.82) is 0 Å². The van der Waals surface area contributed by atoms with Gasteiger partial charge in [0.15, 0.2) is 5.92 Å². The zero-order valence-electron chi connectivity index (χ0n) is 17.8. The highest BCUT2D eigenvalue weighted by molar-refractivity contribution is 5.97. The van der Waals surface area contributed by atoms with Crippen molar-refractivity contribution in [2.24, 2.45) is 11.8 Å². The van der Waals surface area contributed by atoms with Crippen LogP contribution >= 0.6 is 0 Å². The van der Waals surface area contributed by atoms with Crippen molar-refractivity contribution in [1.82, 2.24) is 4.98 Å². The summed E-state index contributed by atoms with van der Waals surface area (Å²) in [6.07, 6.45) is 13.4. The average molecular weight is 392 g/mol. The van der Waals surface area contributed by atoms with Gasteiger partial charge >= 0.3 is 11.9 Å². The third-order valence-corrected chi connectivity index (χ3v) is 6.22. The van der Waals surface area contributed by atoms with Crippen LogP contribution in [-0.2, 0) is 24.5 Å². The van der Waals surface area contributed by atoms with Crippen molar-refractivity contribution in [3.63, 3.8) is 0 Å². The van der Waals surface area contributed by atoms with Crippen molar-refractivity contribution < 1.29 is 19.1 Å². The van der Waals surface area contributed by atoms with Gasteiger partial charge in [0.1, 0.15) is 0 Å². The van der Waals surface area contributed by atoms with Crippen LogP contribution in [0.4, 0.5) is 0 Å². The van der Waals surface area contributed by atoms with Crippen molar-refractivity contribution >= 4 is 11.9 Å². The number of hydrogen-bond acceptors (Lipinski definition) is 4. The number of ether oxygens (including phenoxy) is 2. The minimum atomic E-state index is -0.914. The molecule has 1 fully saturated rings. The lowest BCUT2D eigenvalue weighted by Crippen LogP contribution is -2.51. The summed E-state index contributed by atoms with van der Waals surface area (Å²) >= 11 is 0. The predicted molar refractivity (Wildman–Crippen MR) is 110 cm³/mol. The Bertz CT molecular complexity index is 574. The van der Waals surface area contributed by atoms with Crippen LogP contribution in [0.3, 0.4) is 0 Å². The zero-order chi connectivity index (χ0) is 20.4. The molecule has 0 aromatic carbocycles. The number of aromatic amines is 1. The number of H-pyrrole nitrogens is 1. The first-order valence-corrected chi connectivity index (χ1v) is 11.1. The molecule has 1 aromatic heterocycles. The number of aromatic nitrogens is 1. The van der Waals surface area contributed by atoms with Gasteiger partial charge in [0, 0.05) is 17.8 Å².